The molecule has 0 heterocycles. The third-order valence-electron chi connectivity index (χ3n) is 1.90. The zero-order chi connectivity index (χ0) is 10.5. The molecule has 78 valence electrons. The van der Waals surface area contributed by atoms with Crippen molar-refractivity contribution in [1.29, 1.82) is 0 Å². The standard InChI is InChI=1S/C8H14F3NS/c1-3-7(2,6-12)4-5-13-8(9,10)11/h3H,1,4-6,12H2,2H3. The molecule has 0 amide bonds. The van der Waals surface area contributed by atoms with E-state index in [1.165, 1.54) is 0 Å². The molecular formula is C8H14F3NS. The first-order valence-corrected chi connectivity index (χ1v) is 4.86. The first-order chi connectivity index (χ1) is 5.83. The molecule has 0 aromatic rings. The fraction of sp³-hybridized carbons (Fsp3) is 0.750. The molecule has 1 unspecified atom stereocenters. The van der Waals surface area contributed by atoms with Gasteiger partial charge in [0.1, 0.15) is 0 Å². The summed E-state index contributed by atoms with van der Waals surface area (Å²) in [5, 5.41) is 0. The van der Waals surface area contributed by atoms with Gasteiger partial charge in [0.05, 0.1) is 0 Å². The Morgan fingerprint density at radius 1 is 1.46 bits per heavy atom. The van der Waals surface area contributed by atoms with Gasteiger partial charge >= 0.3 is 5.51 Å². The summed E-state index contributed by atoms with van der Waals surface area (Å²) in [4.78, 5) is 0. The van der Waals surface area contributed by atoms with E-state index in [0.717, 1.165) is 0 Å². The molecule has 0 aromatic heterocycles. The quantitative estimate of drug-likeness (QED) is 0.711. The van der Waals surface area contributed by atoms with Gasteiger partial charge in [0.25, 0.3) is 0 Å². The van der Waals surface area contributed by atoms with E-state index < -0.39 is 5.51 Å². The highest BCUT2D eigenvalue weighted by molar-refractivity contribution is 8.00. The van der Waals surface area contributed by atoms with Gasteiger partial charge in [0.15, 0.2) is 0 Å². The van der Waals surface area contributed by atoms with E-state index in [1.54, 1.807) is 13.0 Å². The van der Waals surface area contributed by atoms with Gasteiger partial charge in [0, 0.05) is 12.3 Å². The molecule has 0 bridgehead atoms. The first-order valence-electron chi connectivity index (χ1n) is 3.87. The highest BCUT2D eigenvalue weighted by Gasteiger charge is 2.29. The van der Waals surface area contributed by atoms with Gasteiger partial charge in [-0.3, -0.25) is 0 Å². The van der Waals surface area contributed by atoms with Crippen LogP contribution in [0.2, 0.25) is 0 Å². The van der Waals surface area contributed by atoms with Crippen molar-refractivity contribution in [2.75, 3.05) is 12.3 Å². The van der Waals surface area contributed by atoms with E-state index in [0.29, 0.717) is 13.0 Å². The lowest BCUT2D eigenvalue weighted by Crippen LogP contribution is -2.25. The van der Waals surface area contributed by atoms with Gasteiger partial charge in [-0.2, -0.15) is 13.2 Å². The third-order valence-corrected chi connectivity index (χ3v) is 2.63. The van der Waals surface area contributed by atoms with Crippen molar-refractivity contribution in [3.63, 3.8) is 0 Å². The lowest BCUT2D eigenvalue weighted by Gasteiger charge is -2.23. The highest BCUT2D eigenvalue weighted by atomic mass is 32.2. The lowest BCUT2D eigenvalue weighted by molar-refractivity contribution is -0.0328. The Morgan fingerprint density at radius 3 is 2.31 bits per heavy atom. The normalized spacial score (nSPS) is 16.7. The van der Waals surface area contributed by atoms with Crippen molar-refractivity contribution >= 4 is 11.8 Å². The van der Waals surface area contributed by atoms with Crippen molar-refractivity contribution in [3.05, 3.63) is 12.7 Å². The Kier molecular flexibility index (Phi) is 4.85. The van der Waals surface area contributed by atoms with Crippen LogP contribution in [0.4, 0.5) is 13.2 Å². The summed E-state index contributed by atoms with van der Waals surface area (Å²) in [6.45, 7) is 5.68. The van der Waals surface area contributed by atoms with Crippen LogP contribution >= 0.6 is 11.8 Å². The van der Waals surface area contributed by atoms with Crippen molar-refractivity contribution in [3.8, 4) is 0 Å². The Bertz CT molecular complexity index is 169. The van der Waals surface area contributed by atoms with Gasteiger partial charge in [-0.15, -0.1) is 6.58 Å². The molecular weight excluding hydrogens is 199 g/mol. The Balaban J connectivity index is 3.81. The number of halogens is 3. The SMILES string of the molecule is C=CC(C)(CN)CCSC(F)(F)F. The maximum absolute atomic E-state index is 11.7. The minimum atomic E-state index is -4.14. The number of hydrogen-bond donors (Lipinski definition) is 1. The molecule has 0 spiro atoms. The van der Waals surface area contributed by atoms with Crippen molar-refractivity contribution in [2.24, 2.45) is 11.1 Å². The van der Waals surface area contributed by atoms with Crippen LogP contribution in [-0.4, -0.2) is 17.8 Å². The molecule has 1 atom stereocenters. The van der Waals surface area contributed by atoms with Gasteiger partial charge in [-0.25, -0.2) is 0 Å². The Morgan fingerprint density at radius 2 is 2.00 bits per heavy atom. The van der Waals surface area contributed by atoms with Gasteiger partial charge in [-0.05, 0) is 11.8 Å². The number of rotatable bonds is 5. The number of nitrogens with two attached hydrogens (primary N) is 1. The highest BCUT2D eigenvalue weighted by Crippen LogP contribution is 2.33. The number of alkyl halides is 3. The van der Waals surface area contributed by atoms with Crippen molar-refractivity contribution in [2.45, 2.75) is 18.9 Å². The molecule has 0 saturated carbocycles. The summed E-state index contributed by atoms with van der Waals surface area (Å²) in [6, 6.07) is 0. The summed E-state index contributed by atoms with van der Waals surface area (Å²) in [6.07, 6.45) is 2.01. The van der Waals surface area contributed by atoms with Crippen LogP contribution in [0.15, 0.2) is 12.7 Å². The predicted molar refractivity (Wildman–Crippen MR) is 50.5 cm³/mol. The van der Waals surface area contributed by atoms with Crippen LogP contribution in [0, 0.1) is 5.41 Å². The van der Waals surface area contributed by atoms with Gasteiger partial charge in [-0.1, -0.05) is 24.8 Å². The molecule has 0 rings (SSSR count). The minimum Gasteiger partial charge on any atom is -0.330 e. The number of hydrogen-bond acceptors (Lipinski definition) is 2. The summed E-state index contributed by atoms with van der Waals surface area (Å²) >= 11 is -0.0122. The zero-order valence-corrected chi connectivity index (χ0v) is 8.34. The van der Waals surface area contributed by atoms with E-state index in [2.05, 4.69) is 6.58 Å². The molecule has 0 aromatic carbocycles. The van der Waals surface area contributed by atoms with E-state index in [9.17, 15) is 13.2 Å². The molecule has 0 saturated heterocycles. The molecule has 5 heteroatoms. The van der Waals surface area contributed by atoms with Gasteiger partial charge in [0.2, 0.25) is 0 Å². The van der Waals surface area contributed by atoms with E-state index in [1.807, 2.05) is 0 Å². The summed E-state index contributed by atoms with van der Waals surface area (Å²) in [5.74, 6) is 0.0310. The van der Waals surface area contributed by atoms with Crippen LogP contribution in [-0.2, 0) is 0 Å². The summed E-state index contributed by atoms with van der Waals surface area (Å²) in [5.41, 5.74) is 0.887. The second kappa shape index (κ2) is 4.91. The van der Waals surface area contributed by atoms with E-state index >= 15 is 0 Å². The fourth-order valence-electron chi connectivity index (χ4n) is 0.687. The fourth-order valence-corrected chi connectivity index (χ4v) is 1.49. The van der Waals surface area contributed by atoms with Gasteiger partial charge < -0.3 is 5.73 Å². The molecule has 0 aliphatic rings. The van der Waals surface area contributed by atoms with Crippen LogP contribution in [0.3, 0.4) is 0 Å². The summed E-state index contributed by atoms with van der Waals surface area (Å²) in [7, 11) is 0. The topological polar surface area (TPSA) is 26.0 Å². The Labute approximate surface area is 80.6 Å². The molecule has 1 nitrogen and oxygen atoms in total. The van der Waals surface area contributed by atoms with Crippen LogP contribution in [0.25, 0.3) is 0 Å². The molecule has 13 heavy (non-hydrogen) atoms. The Hall–Kier alpha value is -0.160. The van der Waals surface area contributed by atoms with Crippen LogP contribution in [0.5, 0.6) is 0 Å². The largest absolute Gasteiger partial charge is 0.441 e. The second-order valence-corrected chi connectivity index (χ2v) is 4.27. The number of thioether (sulfide) groups is 1. The molecule has 0 aliphatic heterocycles. The first kappa shape index (κ1) is 12.8. The third kappa shape index (κ3) is 5.99. The molecule has 0 aliphatic carbocycles. The lowest BCUT2D eigenvalue weighted by atomic mass is 9.88. The van der Waals surface area contributed by atoms with Crippen LogP contribution < -0.4 is 5.73 Å². The molecule has 2 N–H and O–H groups in total. The molecule has 0 radical (unpaired) electrons. The van der Waals surface area contributed by atoms with Crippen LogP contribution in [0.1, 0.15) is 13.3 Å². The van der Waals surface area contributed by atoms with E-state index in [4.69, 9.17) is 5.73 Å². The second-order valence-electron chi connectivity index (χ2n) is 3.11. The monoisotopic (exact) mass is 213 g/mol. The molecule has 0 fully saturated rings. The maximum Gasteiger partial charge on any atom is 0.441 e. The summed E-state index contributed by atoms with van der Waals surface area (Å²) < 4.78 is 35.2. The van der Waals surface area contributed by atoms with E-state index in [-0.39, 0.29) is 22.9 Å². The van der Waals surface area contributed by atoms with Crippen molar-refractivity contribution < 1.29 is 13.2 Å². The minimum absolute atomic E-state index is 0.0122. The smallest absolute Gasteiger partial charge is 0.330 e. The average molecular weight is 213 g/mol. The predicted octanol–water partition coefficient (Wildman–Crippen LogP) is 2.78. The average Bonchev–Trinajstić information content (AvgIpc) is 2.02. The maximum atomic E-state index is 11.7. The van der Waals surface area contributed by atoms with Crippen molar-refractivity contribution in [1.82, 2.24) is 0 Å². The zero-order valence-electron chi connectivity index (χ0n) is 7.53.